The molecule has 2 bridgehead atoms. The number of piperidine rings is 2. The maximum atomic E-state index is 13.3. The topological polar surface area (TPSA) is 83.7 Å². The number of primary sulfonamides is 1. The van der Waals surface area contributed by atoms with Crippen LogP contribution in [0.15, 0.2) is 23.1 Å². The Morgan fingerprint density at radius 1 is 1.11 bits per heavy atom. The second-order valence-electron chi connectivity index (χ2n) is 9.41. The van der Waals surface area contributed by atoms with Gasteiger partial charge in [-0.25, -0.2) is 18.4 Å². The minimum Gasteiger partial charge on any atom is -0.325 e. The highest BCUT2D eigenvalue weighted by Crippen LogP contribution is 2.56. The molecule has 4 rings (SSSR count). The van der Waals surface area contributed by atoms with Gasteiger partial charge in [0.2, 0.25) is 10.0 Å². The Morgan fingerprint density at radius 2 is 1.79 bits per heavy atom. The number of likely N-dealkylation sites (tertiary alicyclic amines) is 2. The van der Waals surface area contributed by atoms with Gasteiger partial charge < -0.3 is 9.80 Å². The summed E-state index contributed by atoms with van der Waals surface area (Å²) in [4.78, 5) is 17.6. The minimum atomic E-state index is -3.74. The summed E-state index contributed by atoms with van der Waals surface area (Å²) < 4.78 is 23.8. The number of hydrogen-bond donors (Lipinski definition) is 1. The molecule has 7 heteroatoms. The Labute approximate surface area is 168 Å². The summed E-state index contributed by atoms with van der Waals surface area (Å²) in [6, 6.07) is 5.54. The molecular weight excluding hydrogens is 374 g/mol. The van der Waals surface area contributed by atoms with Crippen LogP contribution in [-0.4, -0.2) is 49.9 Å². The molecule has 1 aromatic rings. The van der Waals surface area contributed by atoms with Gasteiger partial charge in [0.05, 0.1) is 4.90 Å². The normalized spacial score (nSPS) is 29.4. The third kappa shape index (κ3) is 2.86. The van der Waals surface area contributed by atoms with Crippen LogP contribution in [0.1, 0.15) is 57.6 Å². The van der Waals surface area contributed by atoms with Crippen molar-refractivity contribution in [3.8, 4) is 0 Å². The summed E-state index contributed by atoms with van der Waals surface area (Å²) in [6.45, 7) is 9.08. The summed E-state index contributed by atoms with van der Waals surface area (Å²) in [5.74, 6) is 0. The number of sulfonamides is 1. The zero-order valence-corrected chi connectivity index (χ0v) is 17.9. The molecule has 6 nitrogen and oxygen atoms in total. The molecular formula is C21H31N3O3S. The lowest BCUT2D eigenvalue weighted by Crippen LogP contribution is -2.66. The lowest BCUT2D eigenvalue weighted by atomic mass is 9.51. The second kappa shape index (κ2) is 6.46. The Bertz CT molecular complexity index is 905. The molecule has 2 aliphatic heterocycles. The van der Waals surface area contributed by atoms with Gasteiger partial charge in [-0.2, -0.15) is 0 Å². The van der Waals surface area contributed by atoms with E-state index in [-0.39, 0.29) is 27.8 Å². The molecule has 28 heavy (non-hydrogen) atoms. The van der Waals surface area contributed by atoms with E-state index in [0.29, 0.717) is 6.54 Å². The van der Waals surface area contributed by atoms with Gasteiger partial charge in [0.25, 0.3) is 0 Å². The lowest BCUT2D eigenvalue weighted by molar-refractivity contribution is -0.0243. The number of nitrogens with zero attached hydrogens (tertiary/aromatic N) is 2. The molecule has 0 spiro atoms. The Morgan fingerprint density at radius 3 is 2.43 bits per heavy atom. The predicted octanol–water partition coefficient (Wildman–Crippen LogP) is 2.85. The molecule has 154 valence electrons. The maximum Gasteiger partial charge on any atom is 0.320 e. The molecule has 1 aliphatic carbocycles. The van der Waals surface area contributed by atoms with Gasteiger partial charge in [-0.15, -0.1) is 0 Å². The van der Waals surface area contributed by atoms with Crippen molar-refractivity contribution in [2.45, 2.75) is 69.2 Å². The van der Waals surface area contributed by atoms with Crippen molar-refractivity contribution < 1.29 is 13.2 Å². The van der Waals surface area contributed by atoms with E-state index >= 15 is 0 Å². The standard InChI is InChI=1S/C21H31N3O3S/c1-20(2)18-13-15-7-8-16(28(22,26)27)14-17(15)21(20,3)9-12-24(18)19(25)23-10-5-4-6-11-23/h7-8,14,18H,4-6,9-13H2,1-3H3,(H2,22,26,27)/t18-,21+/m1/s1. The van der Waals surface area contributed by atoms with Gasteiger partial charge in [0.15, 0.2) is 0 Å². The average Bonchev–Trinajstić information content (AvgIpc) is 2.64. The number of nitrogens with two attached hydrogens (primary N) is 1. The van der Waals surface area contributed by atoms with Crippen LogP contribution < -0.4 is 5.14 Å². The summed E-state index contributed by atoms with van der Waals surface area (Å²) in [5.41, 5.74) is 1.84. The van der Waals surface area contributed by atoms with Crippen molar-refractivity contribution in [1.82, 2.24) is 9.80 Å². The van der Waals surface area contributed by atoms with Gasteiger partial charge in [-0.3, -0.25) is 0 Å². The quantitative estimate of drug-likeness (QED) is 0.780. The van der Waals surface area contributed by atoms with Crippen molar-refractivity contribution in [3.63, 3.8) is 0 Å². The van der Waals surface area contributed by atoms with Gasteiger partial charge in [-0.1, -0.05) is 26.8 Å². The van der Waals surface area contributed by atoms with Crippen LogP contribution in [0.25, 0.3) is 0 Å². The molecule has 2 fully saturated rings. The lowest BCUT2D eigenvalue weighted by Gasteiger charge is -2.61. The molecule has 2 atom stereocenters. The first kappa shape index (κ1) is 19.7. The highest BCUT2D eigenvalue weighted by molar-refractivity contribution is 7.89. The SMILES string of the molecule is CC1(C)[C@H]2Cc3ccc(S(N)(=O)=O)cc3[C@]1(C)CCN2C(=O)N1CCCCC1. The smallest absolute Gasteiger partial charge is 0.320 e. The first-order valence-corrected chi connectivity index (χ1v) is 11.8. The Hall–Kier alpha value is -1.60. The van der Waals surface area contributed by atoms with Crippen LogP contribution in [0.2, 0.25) is 0 Å². The molecule has 2 amide bonds. The molecule has 0 saturated carbocycles. The molecule has 0 unspecified atom stereocenters. The largest absolute Gasteiger partial charge is 0.325 e. The van der Waals surface area contributed by atoms with Gasteiger partial charge in [0.1, 0.15) is 0 Å². The fourth-order valence-electron chi connectivity index (χ4n) is 5.55. The summed E-state index contributed by atoms with van der Waals surface area (Å²) in [7, 11) is -3.74. The number of hydrogen-bond acceptors (Lipinski definition) is 3. The minimum absolute atomic E-state index is 0.105. The number of urea groups is 1. The molecule has 3 aliphatic rings. The van der Waals surface area contributed by atoms with E-state index in [1.807, 2.05) is 11.0 Å². The molecule has 2 N–H and O–H groups in total. The number of benzene rings is 1. The van der Waals surface area contributed by atoms with Crippen LogP contribution in [0.5, 0.6) is 0 Å². The van der Waals surface area contributed by atoms with E-state index in [9.17, 15) is 13.2 Å². The van der Waals surface area contributed by atoms with Crippen molar-refractivity contribution in [1.29, 1.82) is 0 Å². The fraction of sp³-hybridized carbons (Fsp3) is 0.667. The fourth-order valence-corrected chi connectivity index (χ4v) is 6.09. The van der Waals surface area contributed by atoms with E-state index in [1.54, 1.807) is 12.1 Å². The van der Waals surface area contributed by atoms with Crippen LogP contribution in [0, 0.1) is 5.41 Å². The molecule has 2 saturated heterocycles. The molecule has 2 heterocycles. The first-order valence-electron chi connectivity index (χ1n) is 10.3. The Balaban J connectivity index is 1.73. The number of rotatable bonds is 1. The van der Waals surface area contributed by atoms with Crippen molar-refractivity contribution in [2.75, 3.05) is 19.6 Å². The highest BCUT2D eigenvalue weighted by Gasteiger charge is 2.57. The van der Waals surface area contributed by atoms with Gasteiger partial charge >= 0.3 is 6.03 Å². The van der Waals surface area contributed by atoms with Crippen LogP contribution >= 0.6 is 0 Å². The number of carbonyl (C=O) groups is 1. The summed E-state index contributed by atoms with van der Waals surface area (Å²) >= 11 is 0. The average molecular weight is 406 g/mol. The summed E-state index contributed by atoms with van der Waals surface area (Å²) in [6.07, 6.45) is 4.95. The maximum absolute atomic E-state index is 13.3. The van der Waals surface area contributed by atoms with Crippen LogP contribution in [0.3, 0.4) is 0 Å². The van der Waals surface area contributed by atoms with Crippen molar-refractivity contribution in [2.24, 2.45) is 10.6 Å². The van der Waals surface area contributed by atoms with E-state index in [0.717, 1.165) is 49.9 Å². The zero-order chi connectivity index (χ0) is 20.3. The number of fused-ring (bicyclic) bond motifs is 4. The third-order valence-electron chi connectivity index (χ3n) is 7.77. The first-order chi connectivity index (χ1) is 13.1. The summed E-state index contributed by atoms with van der Waals surface area (Å²) in [5, 5.41) is 5.39. The monoisotopic (exact) mass is 405 g/mol. The van der Waals surface area contributed by atoms with Crippen molar-refractivity contribution >= 4 is 16.1 Å². The van der Waals surface area contributed by atoms with Gasteiger partial charge in [-0.05, 0) is 60.8 Å². The van der Waals surface area contributed by atoms with Gasteiger partial charge in [0, 0.05) is 31.1 Å². The van der Waals surface area contributed by atoms with E-state index in [2.05, 4.69) is 25.7 Å². The van der Waals surface area contributed by atoms with E-state index in [4.69, 9.17) is 5.14 Å². The van der Waals surface area contributed by atoms with Crippen LogP contribution in [0.4, 0.5) is 4.79 Å². The number of amides is 2. The highest BCUT2D eigenvalue weighted by atomic mass is 32.2. The van der Waals surface area contributed by atoms with E-state index < -0.39 is 10.0 Å². The molecule has 0 aromatic heterocycles. The van der Waals surface area contributed by atoms with Crippen LogP contribution in [-0.2, 0) is 21.9 Å². The van der Waals surface area contributed by atoms with E-state index in [1.165, 1.54) is 6.42 Å². The third-order valence-corrected chi connectivity index (χ3v) is 8.68. The second-order valence-corrected chi connectivity index (χ2v) is 11.0. The predicted molar refractivity (Wildman–Crippen MR) is 109 cm³/mol. The molecule has 0 radical (unpaired) electrons. The number of carbonyl (C=O) groups excluding carboxylic acids is 1. The van der Waals surface area contributed by atoms with Crippen molar-refractivity contribution in [3.05, 3.63) is 29.3 Å². The molecule has 1 aromatic carbocycles. The Kier molecular flexibility index (Phi) is 4.54. The zero-order valence-electron chi connectivity index (χ0n) is 17.1.